The summed E-state index contributed by atoms with van der Waals surface area (Å²) in [5.41, 5.74) is 0. The molecular formula is C19H28Cl2N2O2. The normalized spacial score (nSPS) is 19.2. The Balaban J connectivity index is 0.00000225. The van der Waals surface area contributed by atoms with E-state index in [1.165, 1.54) is 12.8 Å². The van der Waals surface area contributed by atoms with Crippen LogP contribution in [0.3, 0.4) is 0 Å². The van der Waals surface area contributed by atoms with Crippen LogP contribution in [0.2, 0.25) is 5.02 Å². The number of carbonyl (C=O) groups is 1. The third-order valence-electron chi connectivity index (χ3n) is 4.95. The highest BCUT2D eigenvalue weighted by Gasteiger charge is 2.29. The highest BCUT2D eigenvalue weighted by molar-refractivity contribution is 6.32. The molecule has 0 aromatic heterocycles. The predicted molar refractivity (Wildman–Crippen MR) is 104 cm³/mol. The van der Waals surface area contributed by atoms with Crippen LogP contribution in [0.25, 0.3) is 0 Å². The van der Waals surface area contributed by atoms with Crippen LogP contribution >= 0.6 is 24.0 Å². The van der Waals surface area contributed by atoms with Crippen LogP contribution < -0.4 is 10.1 Å². The Hall–Kier alpha value is -0.970. The summed E-state index contributed by atoms with van der Waals surface area (Å²) in [4.78, 5) is 14.7. The molecule has 1 saturated heterocycles. The van der Waals surface area contributed by atoms with E-state index in [0.29, 0.717) is 23.2 Å². The zero-order valence-electron chi connectivity index (χ0n) is 14.7. The maximum atomic E-state index is 12.8. The molecule has 1 amide bonds. The Kier molecular flexibility index (Phi) is 7.85. The van der Waals surface area contributed by atoms with Gasteiger partial charge in [0.1, 0.15) is 5.75 Å². The second-order valence-electron chi connectivity index (χ2n) is 6.90. The van der Waals surface area contributed by atoms with Gasteiger partial charge in [-0.3, -0.25) is 4.79 Å². The molecule has 1 aliphatic heterocycles. The van der Waals surface area contributed by atoms with Crippen molar-refractivity contribution in [2.24, 2.45) is 5.92 Å². The maximum absolute atomic E-state index is 12.8. The lowest BCUT2D eigenvalue weighted by atomic mass is 10.0. The van der Waals surface area contributed by atoms with Gasteiger partial charge in [0.05, 0.1) is 5.02 Å². The highest BCUT2D eigenvalue weighted by atomic mass is 35.5. The van der Waals surface area contributed by atoms with Gasteiger partial charge in [-0.15, -0.1) is 12.4 Å². The first-order valence-corrected chi connectivity index (χ1v) is 9.48. The summed E-state index contributed by atoms with van der Waals surface area (Å²) in [5, 5.41) is 4.19. The van der Waals surface area contributed by atoms with E-state index in [4.69, 9.17) is 16.3 Å². The number of piperidine rings is 1. The molecule has 1 aromatic carbocycles. The van der Waals surface area contributed by atoms with Gasteiger partial charge in [0.2, 0.25) is 0 Å². The van der Waals surface area contributed by atoms with E-state index in [1.807, 2.05) is 30.0 Å². The van der Waals surface area contributed by atoms with Crippen molar-refractivity contribution in [1.82, 2.24) is 10.2 Å². The number of carbonyl (C=O) groups excluding carboxylic acids is 1. The largest absolute Gasteiger partial charge is 0.479 e. The molecule has 0 bridgehead atoms. The summed E-state index contributed by atoms with van der Waals surface area (Å²) in [6.07, 6.45) is 5.00. The van der Waals surface area contributed by atoms with Crippen LogP contribution in [-0.4, -0.2) is 42.6 Å². The third kappa shape index (κ3) is 5.77. The molecule has 140 valence electrons. The van der Waals surface area contributed by atoms with Gasteiger partial charge in [-0.1, -0.05) is 30.7 Å². The lowest BCUT2D eigenvalue weighted by Crippen LogP contribution is -2.49. The number of nitrogens with zero attached hydrogens (tertiary/aromatic N) is 1. The van der Waals surface area contributed by atoms with Crippen molar-refractivity contribution >= 4 is 29.9 Å². The first kappa shape index (κ1) is 20.3. The van der Waals surface area contributed by atoms with E-state index in [9.17, 15) is 4.79 Å². The van der Waals surface area contributed by atoms with Crippen LogP contribution in [0.1, 0.15) is 39.0 Å². The fourth-order valence-electron chi connectivity index (χ4n) is 3.16. The first-order valence-electron chi connectivity index (χ1n) is 9.10. The summed E-state index contributed by atoms with van der Waals surface area (Å²) >= 11 is 6.14. The van der Waals surface area contributed by atoms with Crippen molar-refractivity contribution in [1.29, 1.82) is 0 Å². The molecule has 1 saturated carbocycles. The standard InChI is InChI=1S/C19H27ClN2O2.ClH/c1-2-17(24-18-6-4-3-5-16(18)20)19(23)22-11-9-15(10-12-22)21-13-14-7-8-14;/h3-6,14-15,17,21H,2,7-13H2,1H3;1H. The van der Waals surface area contributed by atoms with E-state index >= 15 is 0 Å². The number of ether oxygens (including phenoxy) is 1. The Morgan fingerprint density at radius 3 is 2.56 bits per heavy atom. The van der Waals surface area contributed by atoms with Gasteiger partial charge in [-0.25, -0.2) is 0 Å². The average Bonchev–Trinajstić information content (AvgIpc) is 3.44. The van der Waals surface area contributed by atoms with Crippen molar-refractivity contribution in [2.45, 2.75) is 51.2 Å². The van der Waals surface area contributed by atoms with E-state index in [2.05, 4.69) is 5.32 Å². The molecule has 2 fully saturated rings. The number of hydrogen-bond acceptors (Lipinski definition) is 3. The molecule has 0 spiro atoms. The van der Waals surface area contributed by atoms with E-state index in [-0.39, 0.29) is 18.3 Å². The molecular weight excluding hydrogens is 359 g/mol. The van der Waals surface area contributed by atoms with Crippen LogP contribution in [0.15, 0.2) is 24.3 Å². The molecule has 1 aliphatic carbocycles. The van der Waals surface area contributed by atoms with Gasteiger partial charge in [0.15, 0.2) is 6.10 Å². The monoisotopic (exact) mass is 386 g/mol. The minimum absolute atomic E-state index is 0. The molecule has 2 aliphatic rings. The predicted octanol–water partition coefficient (Wildman–Crippen LogP) is 3.91. The lowest BCUT2D eigenvalue weighted by Gasteiger charge is -2.34. The van der Waals surface area contributed by atoms with Gasteiger partial charge in [0, 0.05) is 19.1 Å². The van der Waals surface area contributed by atoms with Gasteiger partial charge < -0.3 is 15.0 Å². The van der Waals surface area contributed by atoms with Gasteiger partial charge in [0.25, 0.3) is 5.91 Å². The molecule has 1 aromatic rings. The highest BCUT2D eigenvalue weighted by Crippen LogP contribution is 2.28. The fraction of sp³-hybridized carbons (Fsp3) is 0.632. The van der Waals surface area contributed by atoms with Crippen LogP contribution in [-0.2, 0) is 4.79 Å². The number of amides is 1. The number of nitrogens with one attached hydrogen (secondary N) is 1. The van der Waals surface area contributed by atoms with Crippen LogP contribution in [0.5, 0.6) is 5.75 Å². The molecule has 4 nitrogen and oxygen atoms in total. The Morgan fingerprint density at radius 1 is 1.28 bits per heavy atom. The molecule has 0 radical (unpaired) electrons. The molecule has 1 N–H and O–H groups in total. The molecule has 1 heterocycles. The summed E-state index contributed by atoms with van der Waals surface area (Å²) in [6, 6.07) is 7.88. The number of hydrogen-bond donors (Lipinski definition) is 1. The molecule has 6 heteroatoms. The Labute approximate surface area is 161 Å². The van der Waals surface area contributed by atoms with Crippen molar-refractivity contribution < 1.29 is 9.53 Å². The van der Waals surface area contributed by atoms with Crippen LogP contribution in [0, 0.1) is 5.92 Å². The van der Waals surface area contributed by atoms with Crippen LogP contribution in [0.4, 0.5) is 0 Å². The quantitative estimate of drug-likeness (QED) is 0.771. The summed E-state index contributed by atoms with van der Waals surface area (Å²) in [5.74, 6) is 1.57. The van der Waals surface area contributed by atoms with Gasteiger partial charge in [-0.05, 0) is 56.7 Å². The van der Waals surface area contributed by atoms with Crippen molar-refractivity contribution in [2.75, 3.05) is 19.6 Å². The minimum Gasteiger partial charge on any atom is -0.479 e. The Morgan fingerprint density at radius 2 is 1.96 bits per heavy atom. The summed E-state index contributed by atoms with van der Waals surface area (Å²) in [6.45, 7) is 4.74. The number of benzene rings is 1. The zero-order valence-corrected chi connectivity index (χ0v) is 16.3. The third-order valence-corrected chi connectivity index (χ3v) is 5.26. The van der Waals surface area contributed by atoms with E-state index in [1.54, 1.807) is 6.07 Å². The number of likely N-dealkylation sites (tertiary alicyclic amines) is 1. The summed E-state index contributed by atoms with van der Waals surface area (Å²) in [7, 11) is 0. The van der Waals surface area contributed by atoms with Crippen molar-refractivity contribution in [3.8, 4) is 5.75 Å². The second kappa shape index (κ2) is 9.65. The maximum Gasteiger partial charge on any atom is 0.263 e. The Bertz CT molecular complexity index is 558. The smallest absolute Gasteiger partial charge is 0.263 e. The molecule has 1 unspecified atom stereocenters. The molecule has 1 atom stereocenters. The van der Waals surface area contributed by atoms with E-state index < -0.39 is 6.10 Å². The second-order valence-corrected chi connectivity index (χ2v) is 7.30. The lowest BCUT2D eigenvalue weighted by molar-refractivity contribution is -0.140. The number of para-hydroxylation sites is 1. The number of halogens is 2. The molecule has 3 rings (SSSR count). The minimum atomic E-state index is -0.458. The zero-order chi connectivity index (χ0) is 16.9. The SMILES string of the molecule is CCC(Oc1ccccc1Cl)C(=O)N1CCC(NCC2CC2)CC1.Cl. The topological polar surface area (TPSA) is 41.6 Å². The van der Waals surface area contributed by atoms with Gasteiger partial charge >= 0.3 is 0 Å². The van der Waals surface area contributed by atoms with Gasteiger partial charge in [-0.2, -0.15) is 0 Å². The summed E-state index contributed by atoms with van der Waals surface area (Å²) < 4.78 is 5.88. The van der Waals surface area contributed by atoms with Crippen molar-refractivity contribution in [3.63, 3.8) is 0 Å². The number of rotatable bonds is 7. The molecule has 25 heavy (non-hydrogen) atoms. The first-order chi connectivity index (χ1) is 11.7. The average molecular weight is 387 g/mol. The fourth-order valence-corrected chi connectivity index (χ4v) is 3.35. The van der Waals surface area contributed by atoms with E-state index in [0.717, 1.165) is 38.4 Å². The van der Waals surface area contributed by atoms with Crippen molar-refractivity contribution in [3.05, 3.63) is 29.3 Å².